The van der Waals surface area contributed by atoms with Gasteiger partial charge in [-0.1, -0.05) is 200 Å². The Bertz CT molecular complexity index is 3240. The molecule has 0 aliphatic carbocycles. The fourth-order valence-electron chi connectivity index (χ4n) is 9.14. The first-order valence-corrected chi connectivity index (χ1v) is 18.8. The number of benzene rings is 11. The second-order valence-corrected chi connectivity index (χ2v) is 14.3. The monoisotopic (exact) mass is 682 g/mol. The number of hydrogen-bond donors (Lipinski definition) is 0. The zero-order valence-electron chi connectivity index (χ0n) is 29.6. The summed E-state index contributed by atoms with van der Waals surface area (Å²) >= 11 is 0. The van der Waals surface area contributed by atoms with Gasteiger partial charge in [-0.25, -0.2) is 0 Å². The van der Waals surface area contributed by atoms with Crippen molar-refractivity contribution >= 4 is 64.6 Å². The topological polar surface area (TPSA) is 0 Å². The normalized spacial score (nSPS) is 11.7. The molecule has 0 nitrogen and oxygen atoms in total. The molecule has 0 amide bonds. The van der Waals surface area contributed by atoms with Crippen molar-refractivity contribution in [2.45, 2.75) is 0 Å². The van der Waals surface area contributed by atoms with Crippen molar-refractivity contribution in [2.75, 3.05) is 0 Å². The fourth-order valence-corrected chi connectivity index (χ4v) is 9.14. The lowest BCUT2D eigenvalue weighted by atomic mass is 9.81. The lowest BCUT2D eigenvalue weighted by Crippen LogP contribution is -1.94. The molecule has 0 atom stereocenters. The van der Waals surface area contributed by atoms with Gasteiger partial charge in [0.2, 0.25) is 0 Å². The van der Waals surface area contributed by atoms with Crippen molar-refractivity contribution in [3.05, 3.63) is 206 Å². The second-order valence-electron chi connectivity index (χ2n) is 14.3. The first kappa shape index (κ1) is 30.6. The summed E-state index contributed by atoms with van der Waals surface area (Å²) < 4.78 is 0. The van der Waals surface area contributed by atoms with Gasteiger partial charge in [-0.2, -0.15) is 0 Å². The summed E-state index contributed by atoms with van der Waals surface area (Å²) in [4.78, 5) is 0. The van der Waals surface area contributed by atoms with Crippen LogP contribution in [0.15, 0.2) is 206 Å². The molecule has 0 aliphatic heterocycles. The van der Waals surface area contributed by atoms with E-state index in [1.54, 1.807) is 0 Å². The second kappa shape index (κ2) is 12.3. The van der Waals surface area contributed by atoms with Gasteiger partial charge in [0.25, 0.3) is 0 Å². The SMILES string of the molecule is c1ccc(-c2c(-c3ccccc3)c3ccc(-c4c5ccccc5c(-c5cccc6ccccc56)c5c4ccc4ccccc45)cc3c3ccccc23)cc1. The Morgan fingerprint density at radius 3 is 1.33 bits per heavy atom. The highest BCUT2D eigenvalue weighted by Gasteiger charge is 2.22. The van der Waals surface area contributed by atoms with E-state index in [1.165, 1.54) is 109 Å². The molecule has 0 heterocycles. The van der Waals surface area contributed by atoms with E-state index in [0.29, 0.717) is 0 Å². The van der Waals surface area contributed by atoms with E-state index in [1.807, 2.05) is 0 Å². The van der Waals surface area contributed by atoms with E-state index in [9.17, 15) is 0 Å². The standard InChI is InChI=1S/C54H34/c1-3-18-37(19-4-1)51-44-26-12-11-25-42(44)49-34-39(31-32-47(49)52(51)38-20-5-2-6-21-38)50-45-27-13-14-28-46(45)54(43-29-15-22-35-16-7-9-23-40(35)43)53-41-24-10-8-17-36(41)30-33-48(50)53/h1-34H. The molecule has 0 aromatic heterocycles. The van der Waals surface area contributed by atoms with Crippen LogP contribution in [0.4, 0.5) is 0 Å². The van der Waals surface area contributed by atoms with Gasteiger partial charge in [-0.05, 0) is 115 Å². The third kappa shape index (κ3) is 4.64. The van der Waals surface area contributed by atoms with Gasteiger partial charge in [0.15, 0.2) is 0 Å². The van der Waals surface area contributed by atoms with Gasteiger partial charge in [0.1, 0.15) is 0 Å². The Morgan fingerprint density at radius 1 is 0.204 bits per heavy atom. The Hall–Kier alpha value is -7.02. The van der Waals surface area contributed by atoms with Crippen LogP contribution in [0, 0.1) is 0 Å². The van der Waals surface area contributed by atoms with E-state index in [0.717, 1.165) is 0 Å². The molecule has 0 radical (unpaired) electrons. The highest BCUT2D eigenvalue weighted by atomic mass is 14.2. The minimum Gasteiger partial charge on any atom is -0.0622 e. The van der Waals surface area contributed by atoms with Crippen LogP contribution in [0.25, 0.3) is 109 Å². The van der Waals surface area contributed by atoms with Gasteiger partial charge in [-0.15, -0.1) is 0 Å². The van der Waals surface area contributed by atoms with Crippen LogP contribution in [0.1, 0.15) is 0 Å². The van der Waals surface area contributed by atoms with Crippen molar-refractivity contribution in [3.63, 3.8) is 0 Å². The predicted octanol–water partition coefficient (Wildman–Crippen LogP) is 15.3. The molecule has 11 aromatic carbocycles. The molecule has 0 aliphatic rings. The Kier molecular flexibility index (Phi) is 6.97. The van der Waals surface area contributed by atoms with Crippen LogP contribution in [-0.2, 0) is 0 Å². The fraction of sp³-hybridized carbons (Fsp3) is 0. The van der Waals surface area contributed by atoms with Crippen LogP contribution in [-0.4, -0.2) is 0 Å². The summed E-state index contributed by atoms with van der Waals surface area (Å²) in [5.74, 6) is 0. The van der Waals surface area contributed by atoms with Gasteiger partial charge >= 0.3 is 0 Å². The van der Waals surface area contributed by atoms with Crippen LogP contribution < -0.4 is 0 Å². The zero-order chi connectivity index (χ0) is 35.6. The van der Waals surface area contributed by atoms with Crippen molar-refractivity contribution in [3.8, 4) is 44.5 Å². The molecular weight excluding hydrogens is 649 g/mol. The lowest BCUT2D eigenvalue weighted by molar-refractivity contribution is 1.62. The first-order chi connectivity index (χ1) is 26.8. The minimum atomic E-state index is 1.22. The molecule has 0 fully saturated rings. The van der Waals surface area contributed by atoms with E-state index < -0.39 is 0 Å². The number of hydrogen-bond acceptors (Lipinski definition) is 0. The number of fused-ring (bicyclic) bond motifs is 8. The first-order valence-electron chi connectivity index (χ1n) is 18.8. The Labute approximate surface area is 314 Å². The van der Waals surface area contributed by atoms with Crippen LogP contribution in [0.5, 0.6) is 0 Å². The van der Waals surface area contributed by atoms with Crippen LogP contribution in [0.3, 0.4) is 0 Å². The number of rotatable bonds is 4. The van der Waals surface area contributed by atoms with E-state index in [2.05, 4.69) is 206 Å². The molecule has 11 aromatic rings. The summed E-state index contributed by atoms with van der Waals surface area (Å²) in [6.45, 7) is 0. The summed E-state index contributed by atoms with van der Waals surface area (Å²) in [6.07, 6.45) is 0. The third-order valence-corrected chi connectivity index (χ3v) is 11.4. The summed E-state index contributed by atoms with van der Waals surface area (Å²) in [5, 5.41) is 15.2. The maximum Gasteiger partial charge on any atom is -0.00139 e. The molecule has 0 heteroatoms. The van der Waals surface area contributed by atoms with Gasteiger partial charge in [0, 0.05) is 0 Å². The largest absolute Gasteiger partial charge is 0.0622 e. The molecule has 54 heavy (non-hydrogen) atoms. The predicted molar refractivity (Wildman–Crippen MR) is 233 cm³/mol. The summed E-state index contributed by atoms with van der Waals surface area (Å²) in [7, 11) is 0. The van der Waals surface area contributed by atoms with Crippen molar-refractivity contribution < 1.29 is 0 Å². The molecule has 0 bridgehead atoms. The Morgan fingerprint density at radius 2 is 0.667 bits per heavy atom. The highest BCUT2D eigenvalue weighted by molar-refractivity contribution is 6.30. The molecule has 0 unspecified atom stereocenters. The maximum atomic E-state index is 2.47. The highest BCUT2D eigenvalue weighted by Crippen LogP contribution is 2.50. The summed E-state index contributed by atoms with van der Waals surface area (Å²) in [5.41, 5.74) is 10.1. The van der Waals surface area contributed by atoms with Crippen LogP contribution >= 0.6 is 0 Å². The Balaban J connectivity index is 1.30. The molecule has 250 valence electrons. The van der Waals surface area contributed by atoms with Gasteiger partial charge in [0.05, 0.1) is 0 Å². The smallest absolute Gasteiger partial charge is 0.00139 e. The zero-order valence-corrected chi connectivity index (χ0v) is 29.6. The average Bonchev–Trinajstić information content (AvgIpc) is 3.25. The minimum absolute atomic E-state index is 1.22. The van der Waals surface area contributed by atoms with E-state index >= 15 is 0 Å². The molecule has 0 saturated heterocycles. The average molecular weight is 683 g/mol. The molecule has 0 saturated carbocycles. The van der Waals surface area contributed by atoms with E-state index in [-0.39, 0.29) is 0 Å². The molecule has 0 N–H and O–H groups in total. The van der Waals surface area contributed by atoms with Crippen molar-refractivity contribution in [1.29, 1.82) is 0 Å². The van der Waals surface area contributed by atoms with E-state index in [4.69, 9.17) is 0 Å². The molecule has 0 spiro atoms. The van der Waals surface area contributed by atoms with Gasteiger partial charge < -0.3 is 0 Å². The third-order valence-electron chi connectivity index (χ3n) is 11.4. The molecular formula is C54H34. The maximum absolute atomic E-state index is 2.47. The lowest BCUT2D eigenvalue weighted by Gasteiger charge is -2.22. The van der Waals surface area contributed by atoms with Crippen molar-refractivity contribution in [2.24, 2.45) is 0 Å². The quantitative estimate of drug-likeness (QED) is 0.128. The molecule has 11 rings (SSSR count). The van der Waals surface area contributed by atoms with Crippen LogP contribution in [0.2, 0.25) is 0 Å². The van der Waals surface area contributed by atoms with Gasteiger partial charge in [-0.3, -0.25) is 0 Å². The summed E-state index contributed by atoms with van der Waals surface area (Å²) in [6, 6.07) is 76.1. The van der Waals surface area contributed by atoms with Crippen molar-refractivity contribution in [1.82, 2.24) is 0 Å².